The number of hydrogen-bond donors (Lipinski definition) is 0. The summed E-state index contributed by atoms with van der Waals surface area (Å²) in [6, 6.07) is 0. The average molecular weight is 1100 g/mol. The highest BCUT2D eigenvalue weighted by atomic mass is 16.6. The van der Waals surface area contributed by atoms with Crippen LogP contribution in [0.5, 0.6) is 0 Å². The van der Waals surface area contributed by atoms with E-state index in [4.69, 9.17) is 14.2 Å². The van der Waals surface area contributed by atoms with E-state index < -0.39 is 6.10 Å². The van der Waals surface area contributed by atoms with Crippen LogP contribution in [-0.2, 0) is 28.6 Å². The Morgan fingerprint density at radius 1 is 0.266 bits per heavy atom. The fraction of sp³-hybridized carbons (Fsp3) is 0.767. The molecule has 0 aromatic heterocycles. The summed E-state index contributed by atoms with van der Waals surface area (Å²) < 4.78 is 16.8. The van der Waals surface area contributed by atoms with Crippen molar-refractivity contribution in [2.75, 3.05) is 13.2 Å². The molecular formula is C73H128O6. The minimum atomic E-state index is -0.787. The molecular weight excluding hydrogens is 973 g/mol. The molecule has 0 heterocycles. The second-order valence-corrected chi connectivity index (χ2v) is 22.7. The summed E-state index contributed by atoms with van der Waals surface area (Å²) in [6.45, 7) is 6.45. The topological polar surface area (TPSA) is 78.9 Å². The van der Waals surface area contributed by atoms with Crippen molar-refractivity contribution in [3.8, 4) is 0 Å². The van der Waals surface area contributed by atoms with Crippen LogP contribution in [0, 0.1) is 0 Å². The summed E-state index contributed by atoms with van der Waals surface area (Å²) in [5, 5.41) is 0. The van der Waals surface area contributed by atoms with Gasteiger partial charge >= 0.3 is 17.9 Å². The molecule has 0 rings (SSSR count). The fourth-order valence-electron chi connectivity index (χ4n) is 9.80. The maximum absolute atomic E-state index is 12.8. The molecule has 0 aromatic rings. The largest absolute Gasteiger partial charge is 0.462 e. The molecule has 0 N–H and O–H groups in total. The number of carbonyl (C=O) groups is 3. The molecule has 6 nitrogen and oxygen atoms in total. The van der Waals surface area contributed by atoms with Gasteiger partial charge < -0.3 is 14.2 Å². The van der Waals surface area contributed by atoms with E-state index in [1.54, 1.807) is 0 Å². The summed E-state index contributed by atoms with van der Waals surface area (Å²) >= 11 is 0. The Morgan fingerprint density at radius 2 is 0.494 bits per heavy atom. The van der Waals surface area contributed by atoms with Crippen molar-refractivity contribution < 1.29 is 28.6 Å². The van der Waals surface area contributed by atoms with Crippen molar-refractivity contribution in [3.63, 3.8) is 0 Å². The van der Waals surface area contributed by atoms with E-state index in [9.17, 15) is 14.4 Å². The van der Waals surface area contributed by atoms with Gasteiger partial charge in [0.15, 0.2) is 6.10 Å². The number of allylic oxidation sites excluding steroid dienone is 14. The lowest BCUT2D eigenvalue weighted by Gasteiger charge is -2.18. The van der Waals surface area contributed by atoms with Gasteiger partial charge in [-0.05, 0) is 96.3 Å². The molecule has 1 atom stereocenters. The molecule has 0 saturated carbocycles. The Kier molecular flexibility index (Phi) is 64.2. The number of unbranched alkanes of at least 4 members (excludes halogenated alkanes) is 37. The van der Waals surface area contributed by atoms with Crippen molar-refractivity contribution in [2.45, 2.75) is 348 Å². The molecule has 1 unspecified atom stereocenters. The Bertz CT molecular complexity index is 1500. The maximum atomic E-state index is 12.8. The van der Waals surface area contributed by atoms with Gasteiger partial charge in [0.1, 0.15) is 13.2 Å². The van der Waals surface area contributed by atoms with Crippen LogP contribution in [0.4, 0.5) is 0 Å². The van der Waals surface area contributed by atoms with Crippen LogP contribution < -0.4 is 0 Å². The zero-order valence-corrected chi connectivity index (χ0v) is 52.4. The predicted octanol–water partition coefficient (Wildman–Crippen LogP) is 23.4. The molecule has 79 heavy (non-hydrogen) atoms. The molecule has 0 aliphatic carbocycles. The lowest BCUT2D eigenvalue weighted by atomic mass is 10.0. The molecule has 0 aliphatic heterocycles. The first-order valence-corrected chi connectivity index (χ1v) is 34.1. The molecule has 0 spiro atoms. The summed E-state index contributed by atoms with van der Waals surface area (Å²) in [7, 11) is 0. The van der Waals surface area contributed by atoms with Gasteiger partial charge in [-0.1, -0.05) is 311 Å². The predicted molar refractivity (Wildman–Crippen MR) is 344 cm³/mol. The van der Waals surface area contributed by atoms with Crippen molar-refractivity contribution in [1.82, 2.24) is 0 Å². The van der Waals surface area contributed by atoms with Crippen LogP contribution >= 0.6 is 0 Å². The van der Waals surface area contributed by atoms with Crippen LogP contribution in [-0.4, -0.2) is 37.2 Å². The minimum absolute atomic E-state index is 0.0847. The molecule has 0 amide bonds. The highest BCUT2D eigenvalue weighted by Crippen LogP contribution is 2.17. The van der Waals surface area contributed by atoms with Gasteiger partial charge in [-0.3, -0.25) is 14.4 Å². The zero-order valence-electron chi connectivity index (χ0n) is 52.4. The summed E-state index contributed by atoms with van der Waals surface area (Å²) in [5.41, 5.74) is 0. The third-order valence-electron chi connectivity index (χ3n) is 14.9. The number of carbonyl (C=O) groups excluding carboxylic acids is 3. The Hall–Kier alpha value is -3.41. The van der Waals surface area contributed by atoms with Crippen LogP contribution in [0.2, 0.25) is 0 Å². The second-order valence-electron chi connectivity index (χ2n) is 22.7. The molecule has 0 bridgehead atoms. The highest BCUT2D eigenvalue weighted by molar-refractivity contribution is 5.71. The molecule has 6 heteroatoms. The lowest BCUT2D eigenvalue weighted by molar-refractivity contribution is -0.167. The van der Waals surface area contributed by atoms with Crippen molar-refractivity contribution in [2.24, 2.45) is 0 Å². The number of ether oxygens (including phenoxy) is 3. The van der Waals surface area contributed by atoms with E-state index in [0.717, 1.165) is 116 Å². The molecule has 0 saturated heterocycles. The first kappa shape index (κ1) is 75.6. The van der Waals surface area contributed by atoms with Crippen LogP contribution in [0.1, 0.15) is 342 Å². The second kappa shape index (κ2) is 67.1. The lowest BCUT2D eigenvalue weighted by Crippen LogP contribution is -2.30. The summed E-state index contributed by atoms with van der Waals surface area (Å²) in [6.07, 6.45) is 89.6. The highest BCUT2D eigenvalue weighted by Gasteiger charge is 2.19. The van der Waals surface area contributed by atoms with Gasteiger partial charge in [-0.15, -0.1) is 0 Å². The van der Waals surface area contributed by atoms with E-state index in [1.165, 1.54) is 186 Å². The summed E-state index contributed by atoms with van der Waals surface area (Å²) in [5.74, 6) is -0.913. The third-order valence-corrected chi connectivity index (χ3v) is 14.9. The van der Waals surface area contributed by atoms with Crippen molar-refractivity contribution in [3.05, 3.63) is 85.1 Å². The quantitative estimate of drug-likeness (QED) is 0.0261. The van der Waals surface area contributed by atoms with E-state index >= 15 is 0 Å². The Morgan fingerprint density at radius 3 is 0.785 bits per heavy atom. The van der Waals surface area contributed by atoms with Crippen LogP contribution in [0.25, 0.3) is 0 Å². The smallest absolute Gasteiger partial charge is 0.306 e. The van der Waals surface area contributed by atoms with Gasteiger partial charge in [0.2, 0.25) is 0 Å². The Balaban J connectivity index is 3.98. The molecule has 456 valence electrons. The van der Waals surface area contributed by atoms with Gasteiger partial charge in [-0.2, -0.15) is 0 Å². The van der Waals surface area contributed by atoms with E-state index in [2.05, 4.69) is 106 Å². The zero-order chi connectivity index (χ0) is 57.1. The van der Waals surface area contributed by atoms with E-state index in [0.29, 0.717) is 19.3 Å². The maximum Gasteiger partial charge on any atom is 0.306 e. The van der Waals surface area contributed by atoms with Gasteiger partial charge in [0.05, 0.1) is 0 Å². The third kappa shape index (κ3) is 65.3. The Labute approximate surface area is 490 Å². The normalized spacial score (nSPS) is 12.6. The molecule has 0 aromatic carbocycles. The van der Waals surface area contributed by atoms with Crippen molar-refractivity contribution >= 4 is 17.9 Å². The number of esters is 3. The molecule has 0 aliphatic rings. The summed E-state index contributed by atoms with van der Waals surface area (Å²) in [4.78, 5) is 38.0. The van der Waals surface area contributed by atoms with E-state index in [1.807, 2.05) is 0 Å². The van der Waals surface area contributed by atoms with Gasteiger partial charge in [0.25, 0.3) is 0 Å². The van der Waals surface area contributed by atoms with Crippen LogP contribution in [0.15, 0.2) is 85.1 Å². The van der Waals surface area contributed by atoms with E-state index in [-0.39, 0.29) is 31.1 Å². The molecule has 0 radical (unpaired) electrons. The first-order chi connectivity index (χ1) is 39.0. The molecule has 0 fully saturated rings. The van der Waals surface area contributed by atoms with Crippen molar-refractivity contribution in [1.29, 1.82) is 0 Å². The number of rotatable bonds is 62. The average Bonchev–Trinajstić information content (AvgIpc) is 3.45. The first-order valence-electron chi connectivity index (χ1n) is 34.1. The monoisotopic (exact) mass is 1100 g/mol. The van der Waals surface area contributed by atoms with Gasteiger partial charge in [0, 0.05) is 19.3 Å². The minimum Gasteiger partial charge on any atom is -0.462 e. The van der Waals surface area contributed by atoms with Gasteiger partial charge in [-0.25, -0.2) is 0 Å². The fourth-order valence-corrected chi connectivity index (χ4v) is 9.80. The number of hydrogen-bond acceptors (Lipinski definition) is 6. The SMILES string of the molecule is CC/C=C\C/C=C\C/C=C\C/C=C\C/C=C\C/C=C\CCCCCCC(=O)OC(COC(=O)CCCCCCC)COC(=O)CCCCCCCCCCCCCCCCCCCCCCC/C=C\CCCCCCCCCC. The standard InChI is InChI=1S/C73H128O6/c1-4-7-10-13-15-17-19-21-23-25-27-29-31-32-33-34-35-36-37-38-39-40-42-43-45-47-49-51-53-55-57-60-63-66-72(75)78-69-70(68-77-71(74)65-62-59-12-9-6-3)79-73(76)67-64-61-58-56-54-52-50-48-46-44-41-30-28-26-24-22-20-18-16-14-11-8-5-2/h8,11,16,18,22,24-25,27-28,30,44,46,50,52,70H,4-7,9-10,12-15,17,19-21,23,26,29,31-43,45,47-49,51,53-69H2,1-3H3/b11-8-,18-16-,24-22-,27-25-,30-28-,46-44-,52-50-. The van der Waals surface area contributed by atoms with Crippen LogP contribution in [0.3, 0.4) is 0 Å².